The lowest BCUT2D eigenvalue weighted by atomic mass is 9.81. The molecule has 0 unspecified atom stereocenters. The number of nitrogens with one attached hydrogen (secondary N) is 1. The maximum atomic E-state index is 13.5. The van der Waals surface area contributed by atoms with E-state index in [-0.39, 0.29) is 0 Å². The second kappa shape index (κ2) is 3.06. The van der Waals surface area contributed by atoms with Crippen molar-refractivity contribution in [2.45, 2.75) is 24.9 Å². The Bertz CT molecular complexity index is 308. The zero-order valence-electron chi connectivity index (χ0n) is 6.92. The van der Waals surface area contributed by atoms with Crippen LogP contribution in [0.4, 0.5) is 9.52 Å². The molecule has 70 valence electrons. The van der Waals surface area contributed by atoms with Crippen LogP contribution in [0.25, 0.3) is 0 Å². The number of halogens is 1. The maximum absolute atomic E-state index is 13.5. The molecule has 0 aliphatic heterocycles. The minimum atomic E-state index is -1.63. The predicted molar refractivity (Wildman–Crippen MR) is 48.4 cm³/mol. The molecular formula is C8H9FN2OS. The summed E-state index contributed by atoms with van der Waals surface area (Å²) >= 11 is 1.29. The van der Waals surface area contributed by atoms with Gasteiger partial charge in [-0.05, 0) is 19.3 Å². The molecule has 5 heteroatoms. The molecular weight excluding hydrogens is 191 g/mol. The summed E-state index contributed by atoms with van der Waals surface area (Å²) in [6.45, 7) is 0. The average molecular weight is 200 g/mol. The van der Waals surface area contributed by atoms with E-state index in [0.29, 0.717) is 18.0 Å². The number of amides is 1. The van der Waals surface area contributed by atoms with Gasteiger partial charge in [0.2, 0.25) is 0 Å². The summed E-state index contributed by atoms with van der Waals surface area (Å²) in [5.41, 5.74) is -1.63. The highest BCUT2D eigenvalue weighted by Crippen LogP contribution is 2.36. The lowest BCUT2D eigenvalue weighted by Crippen LogP contribution is -2.44. The minimum absolute atomic E-state index is 0.338. The topological polar surface area (TPSA) is 42.0 Å². The highest BCUT2D eigenvalue weighted by atomic mass is 32.1. The van der Waals surface area contributed by atoms with Crippen LogP contribution in [0.5, 0.6) is 0 Å². The van der Waals surface area contributed by atoms with Crippen molar-refractivity contribution in [1.82, 2.24) is 4.98 Å². The summed E-state index contributed by atoms with van der Waals surface area (Å²) < 4.78 is 13.5. The van der Waals surface area contributed by atoms with Crippen LogP contribution < -0.4 is 5.32 Å². The smallest absolute Gasteiger partial charge is 0.263 e. The summed E-state index contributed by atoms with van der Waals surface area (Å²) in [5, 5.41) is 4.66. The zero-order valence-corrected chi connectivity index (χ0v) is 7.73. The van der Waals surface area contributed by atoms with E-state index in [1.54, 1.807) is 11.6 Å². The normalized spacial score (nSPS) is 19.2. The molecule has 3 nitrogen and oxygen atoms in total. The van der Waals surface area contributed by atoms with Crippen LogP contribution in [-0.4, -0.2) is 16.6 Å². The molecule has 1 amide bonds. The highest BCUT2D eigenvalue weighted by molar-refractivity contribution is 7.13. The number of hydrogen-bond acceptors (Lipinski definition) is 3. The number of carbonyl (C=O) groups is 1. The molecule has 0 radical (unpaired) electrons. The molecule has 0 atom stereocenters. The first kappa shape index (κ1) is 8.62. The summed E-state index contributed by atoms with van der Waals surface area (Å²) in [5.74, 6) is -0.548. The van der Waals surface area contributed by atoms with Crippen molar-refractivity contribution >= 4 is 22.4 Å². The summed E-state index contributed by atoms with van der Waals surface area (Å²) in [7, 11) is 0. The Hall–Kier alpha value is -0.970. The van der Waals surface area contributed by atoms with Gasteiger partial charge in [-0.1, -0.05) is 0 Å². The highest BCUT2D eigenvalue weighted by Gasteiger charge is 2.44. The standard InChI is InChI=1S/C8H9FN2OS/c9-8(2-1-3-8)6(12)11-7-10-4-5-13-7/h4-5H,1-3H2,(H,10,11,12). The minimum Gasteiger partial charge on any atom is -0.299 e. The van der Waals surface area contributed by atoms with E-state index < -0.39 is 11.6 Å². The van der Waals surface area contributed by atoms with Crippen LogP contribution in [0.15, 0.2) is 11.6 Å². The van der Waals surface area contributed by atoms with Crippen molar-refractivity contribution in [1.29, 1.82) is 0 Å². The van der Waals surface area contributed by atoms with E-state index in [2.05, 4.69) is 10.3 Å². The number of thiazole rings is 1. The molecule has 13 heavy (non-hydrogen) atoms. The molecule has 1 saturated carbocycles. The first-order valence-corrected chi connectivity index (χ1v) is 4.98. The van der Waals surface area contributed by atoms with Crippen LogP contribution in [0.3, 0.4) is 0 Å². The van der Waals surface area contributed by atoms with Gasteiger partial charge in [0.05, 0.1) is 0 Å². The van der Waals surface area contributed by atoms with Crippen LogP contribution >= 0.6 is 11.3 Å². The molecule has 1 aromatic heterocycles. The van der Waals surface area contributed by atoms with Crippen LogP contribution in [-0.2, 0) is 4.79 Å². The van der Waals surface area contributed by atoms with E-state index >= 15 is 0 Å². The number of alkyl halides is 1. The molecule has 0 aromatic carbocycles. The van der Waals surface area contributed by atoms with E-state index in [4.69, 9.17) is 0 Å². The monoisotopic (exact) mass is 200 g/mol. The van der Waals surface area contributed by atoms with Crippen molar-refractivity contribution in [2.24, 2.45) is 0 Å². The molecule has 0 saturated heterocycles. The molecule has 1 N–H and O–H groups in total. The van der Waals surface area contributed by atoms with E-state index in [1.165, 1.54) is 11.3 Å². The molecule has 1 heterocycles. The summed E-state index contributed by atoms with van der Waals surface area (Å²) in [6.07, 6.45) is 3.04. The Morgan fingerprint density at radius 2 is 2.46 bits per heavy atom. The molecule has 2 rings (SSSR count). The molecule has 0 bridgehead atoms. The first-order valence-electron chi connectivity index (χ1n) is 4.11. The predicted octanol–water partition coefficient (Wildman–Crippen LogP) is 1.97. The second-order valence-electron chi connectivity index (χ2n) is 3.11. The Kier molecular flexibility index (Phi) is 2.03. The van der Waals surface area contributed by atoms with Crippen molar-refractivity contribution in [2.75, 3.05) is 5.32 Å². The van der Waals surface area contributed by atoms with Gasteiger partial charge in [0.1, 0.15) is 0 Å². The molecule has 0 spiro atoms. The van der Waals surface area contributed by atoms with Crippen LogP contribution in [0.2, 0.25) is 0 Å². The van der Waals surface area contributed by atoms with Gasteiger partial charge in [-0.2, -0.15) is 0 Å². The lowest BCUT2D eigenvalue weighted by molar-refractivity contribution is -0.132. The zero-order chi connectivity index (χ0) is 9.31. The van der Waals surface area contributed by atoms with E-state index in [1.807, 2.05) is 0 Å². The fraction of sp³-hybridized carbons (Fsp3) is 0.500. The Morgan fingerprint density at radius 3 is 2.92 bits per heavy atom. The van der Waals surface area contributed by atoms with Gasteiger partial charge in [-0.25, -0.2) is 9.37 Å². The fourth-order valence-corrected chi connectivity index (χ4v) is 1.73. The van der Waals surface area contributed by atoms with Gasteiger partial charge >= 0.3 is 0 Å². The van der Waals surface area contributed by atoms with E-state index in [9.17, 15) is 9.18 Å². The molecule has 1 aliphatic carbocycles. The third kappa shape index (κ3) is 1.56. The number of aromatic nitrogens is 1. The number of nitrogens with zero attached hydrogens (tertiary/aromatic N) is 1. The summed E-state index contributed by atoms with van der Waals surface area (Å²) in [4.78, 5) is 15.1. The van der Waals surface area contributed by atoms with Gasteiger partial charge in [-0.15, -0.1) is 11.3 Å². The Morgan fingerprint density at radius 1 is 1.69 bits per heavy atom. The van der Waals surface area contributed by atoms with Crippen molar-refractivity contribution in [3.8, 4) is 0 Å². The molecule has 1 aliphatic rings. The Balaban J connectivity index is 1.99. The van der Waals surface area contributed by atoms with Crippen molar-refractivity contribution < 1.29 is 9.18 Å². The quantitative estimate of drug-likeness (QED) is 0.793. The third-order valence-electron chi connectivity index (χ3n) is 2.21. The lowest BCUT2D eigenvalue weighted by Gasteiger charge is -2.31. The first-order chi connectivity index (χ1) is 6.21. The van der Waals surface area contributed by atoms with Gasteiger partial charge in [-0.3, -0.25) is 10.1 Å². The summed E-state index contributed by atoms with van der Waals surface area (Å²) in [6, 6.07) is 0. The van der Waals surface area contributed by atoms with Gasteiger partial charge < -0.3 is 0 Å². The number of hydrogen-bond donors (Lipinski definition) is 1. The van der Waals surface area contributed by atoms with Gasteiger partial charge in [0.15, 0.2) is 10.8 Å². The van der Waals surface area contributed by atoms with Crippen LogP contribution in [0, 0.1) is 0 Å². The van der Waals surface area contributed by atoms with Crippen molar-refractivity contribution in [3.63, 3.8) is 0 Å². The van der Waals surface area contributed by atoms with Gasteiger partial charge in [0, 0.05) is 11.6 Å². The third-order valence-corrected chi connectivity index (χ3v) is 2.89. The second-order valence-corrected chi connectivity index (χ2v) is 4.00. The fourth-order valence-electron chi connectivity index (χ4n) is 1.21. The number of anilines is 1. The molecule has 1 aromatic rings. The Labute approximate surface area is 79.0 Å². The van der Waals surface area contributed by atoms with Crippen molar-refractivity contribution in [3.05, 3.63) is 11.6 Å². The van der Waals surface area contributed by atoms with E-state index in [0.717, 1.165) is 6.42 Å². The maximum Gasteiger partial charge on any atom is 0.263 e. The average Bonchev–Trinajstić information content (AvgIpc) is 2.52. The van der Waals surface area contributed by atoms with Crippen LogP contribution in [0.1, 0.15) is 19.3 Å². The number of rotatable bonds is 2. The molecule has 1 fully saturated rings. The van der Waals surface area contributed by atoms with Gasteiger partial charge in [0.25, 0.3) is 5.91 Å². The largest absolute Gasteiger partial charge is 0.299 e. The SMILES string of the molecule is O=C(Nc1nccs1)C1(F)CCC1. The number of carbonyl (C=O) groups excluding carboxylic acids is 1.